The van der Waals surface area contributed by atoms with Crippen molar-refractivity contribution < 1.29 is 9.53 Å². The molecular formula is C16H16ClN3O2. The number of ether oxygens (including phenoxy) is 1. The van der Waals surface area contributed by atoms with Gasteiger partial charge in [0.05, 0.1) is 13.2 Å². The number of nitrogens with zero attached hydrogens (tertiary/aromatic N) is 2. The Morgan fingerprint density at radius 3 is 2.55 bits per heavy atom. The van der Waals surface area contributed by atoms with E-state index in [1.54, 1.807) is 18.2 Å². The fourth-order valence-electron chi connectivity index (χ4n) is 2.31. The number of hydrogen-bond donors (Lipinski definition) is 1. The quantitative estimate of drug-likeness (QED) is 0.884. The van der Waals surface area contributed by atoms with E-state index in [0.717, 1.165) is 37.7 Å². The standard InChI is InChI=1S/C16H16ClN3O2/c17-15-3-1-2-14(19-15)16(21)18-12-4-6-13(7-5-12)20-8-10-22-11-9-20/h1-7H,8-11H2,(H,18,21). The zero-order valence-electron chi connectivity index (χ0n) is 12.0. The lowest BCUT2D eigenvalue weighted by atomic mass is 10.2. The molecule has 5 nitrogen and oxygen atoms in total. The number of pyridine rings is 1. The van der Waals surface area contributed by atoms with E-state index in [1.807, 2.05) is 24.3 Å². The van der Waals surface area contributed by atoms with Crippen LogP contribution in [0, 0.1) is 0 Å². The van der Waals surface area contributed by atoms with Gasteiger partial charge in [0.25, 0.3) is 5.91 Å². The molecule has 1 aromatic heterocycles. The molecule has 6 heteroatoms. The number of hydrogen-bond acceptors (Lipinski definition) is 4. The maximum absolute atomic E-state index is 12.1. The second-order valence-corrected chi connectivity index (χ2v) is 5.33. The molecular weight excluding hydrogens is 302 g/mol. The second-order valence-electron chi connectivity index (χ2n) is 4.95. The molecule has 1 amide bonds. The van der Waals surface area contributed by atoms with Crippen LogP contribution in [0.5, 0.6) is 0 Å². The Balaban J connectivity index is 1.66. The largest absolute Gasteiger partial charge is 0.378 e. The number of nitrogens with one attached hydrogen (secondary N) is 1. The summed E-state index contributed by atoms with van der Waals surface area (Å²) >= 11 is 5.79. The van der Waals surface area contributed by atoms with E-state index >= 15 is 0 Å². The highest BCUT2D eigenvalue weighted by molar-refractivity contribution is 6.29. The van der Waals surface area contributed by atoms with Gasteiger partial charge >= 0.3 is 0 Å². The van der Waals surface area contributed by atoms with Crippen LogP contribution < -0.4 is 10.2 Å². The van der Waals surface area contributed by atoms with Crippen molar-refractivity contribution in [2.24, 2.45) is 0 Å². The molecule has 1 saturated heterocycles. The summed E-state index contributed by atoms with van der Waals surface area (Å²) in [5.74, 6) is -0.276. The van der Waals surface area contributed by atoms with E-state index in [-0.39, 0.29) is 5.91 Å². The summed E-state index contributed by atoms with van der Waals surface area (Å²) in [6.07, 6.45) is 0. The van der Waals surface area contributed by atoms with E-state index in [1.165, 1.54) is 0 Å². The molecule has 2 aromatic rings. The zero-order valence-corrected chi connectivity index (χ0v) is 12.7. The van der Waals surface area contributed by atoms with Crippen LogP contribution >= 0.6 is 11.6 Å². The number of aromatic nitrogens is 1. The minimum Gasteiger partial charge on any atom is -0.378 e. The molecule has 0 radical (unpaired) electrons. The van der Waals surface area contributed by atoms with Crippen LogP contribution in [0.4, 0.5) is 11.4 Å². The first-order chi connectivity index (χ1) is 10.7. The Labute approximate surface area is 133 Å². The van der Waals surface area contributed by atoms with Crippen LogP contribution in [-0.4, -0.2) is 37.2 Å². The van der Waals surface area contributed by atoms with Crippen LogP contribution in [-0.2, 0) is 4.74 Å². The molecule has 1 fully saturated rings. The number of rotatable bonds is 3. The first-order valence-corrected chi connectivity index (χ1v) is 7.47. The Kier molecular flexibility index (Phi) is 4.56. The van der Waals surface area contributed by atoms with Gasteiger partial charge in [0.15, 0.2) is 0 Å². The molecule has 1 N–H and O–H groups in total. The molecule has 0 bridgehead atoms. The van der Waals surface area contributed by atoms with Crippen molar-refractivity contribution >= 4 is 28.9 Å². The number of anilines is 2. The number of halogens is 1. The SMILES string of the molecule is O=C(Nc1ccc(N2CCOCC2)cc1)c1cccc(Cl)n1. The fraction of sp³-hybridized carbons (Fsp3) is 0.250. The monoisotopic (exact) mass is 317 g/mol. The predicted molar refractivity (Wildman–Crippen MR) is 86.7 cm³/mol. The van der Waals surface area contributed by atoms with Gasteiger partial charge < -0.3 is 15.0 Å². The van der Waals surface area contributed by atoms with E-state index in [0.29, 0.717) is 10.8 Å². The summed E-state index contributed by atoms with van der Waals surface area (Å²) in [4.78, 5) is 18.3. The molecule has 1 aliphatic rings. The zero-order chi connectivity index (χ0) is 15.4. The summed E-state index contributed by atoms with van der Waals surface area (Å²) in [6, 6.07) is 12.7. The number of carbonyl (C=O) groups excluding carboxylic acids is 1. The highest BCUT2D eigenvalue weighted by atomic mass is 35.5. The highest BCUT2D eigenvalue weighted by Crippen LogP contribution is 2.19. The summed E-state index contributed by atoms with van der Waals surface area (Å²) in [6.45, 7) is 3.27. The number of carbonyl (C=O) groups is 1. The minimum absolute atomic E-state index is 0.276. The van der Waals surface area contributed by atoms with Gasteiger partial charge in [-0.25, -0.2) is 4.98 Å². The maximum atomic E-state index is 12.1. The van der Waals surface area contributed by atoms with Crippen LogP contribution in [0.25, 0.3) is 0 Å². The van der Waals surface area contributed by atoms with E-state index in [9.17, 15) is 4.79 Å². The topological polar surface area (TPSA) is 54.5 Å². The van der Waals surface area contributed by atoms with Crippen molar-refractivity contribution in [2.45, 2.75) is 0 Å². The summed E-state index contributed by atoms with van der Waals surface area (Å²) < 4.78 is 5.34. The van der Waals surface area contributed by atoms with E-state index in [4.69, 9.17) is 16.3 Å². The lowest BCUT2D eigenvalue weighted by Gasteiger charge is -2.28. The summed E-state index contributed by atoms with van der Waals surface area (Å²) in [5.41, 5.74) is 2.15. The number of amides is 1. The molecule has 22 heavy (non-hydrogen) atoms. The molecule has 0 atom stereocenters. The van der Waals surface area contributed by atoms with Crippen molar-refractivity contribution in [1.29, 1.82) is 0 Å². The molecule has 1 aromatic carbocycles. The van der Waals surface area contributed by atoms with Crippen LogP contribution in [0.3, 0.4) is 0 Å². The molecule has 1 aliphatic heterocycles. The minimum atomic E-state index is -0.276. The maximum Gasteiger partial charge on any atom is 0.274 e. The van der Waals surface area contributed by atoms with Gasteiger partial charge in [-0.2, -0.15) is 0 Å². The van der Waals surface area contributed by atoms with E-state index < -0.39 is 0 Å². The Bertz CT molecular complexity index is 655. The molecule has 0 saturated carbocycles. The van der Waals surface area contributed by atoms with Gasteiger partial charge in [-0.05, 0) is 36.4 Å². The molecule has 0 aliphatic carbocycles. The second kappa shape index (κ2) is 6.77. The van der Waals surface area contributed by atoms with Crippen molar-refractivity contribution in [1.82, 2.24) is 4.98 Å². The van der Waals surface area contributed by atoms with Gasteiger partial charge in [0.2, 0.25) is 0 Å². The first-order valence-electron chi connectivity index (χ1n) is 7.09. The Hall–Kier alpha value is -2.11. The molecule has 0 spiro atoms. The third-order valence-corrected chi connectivity index (χ3v) is 3.66. The lowest BCUT2D eigenvalue weighted by Crippen LogP contribution is -2.36. The highest BCUT2D eigenvalue weighted by Gasteiger charge is 2.12. The number of benzene rings is 1. The lowest BCUT2D eigenvalue weighted by molar-refractivity contribution is 0.102. The average Bonchev–Trinajstić information content (AvgIpc) is 2.56. The third-order valence-electron chi connectivity index (χ3n) is 3.45. The molecule has 0 unspecified atom stereocenters. The molecule has 2 heterocycles. The Morgan fingerprint density at radius 2 is 1.86 bits per heavy atom. The normalized spacial score (nSPS) is 14.7. The average molecular weight is 318 g/mol. The summed E-state index contributed by atoms with van der Waals surface area (Å²) in [5, 5.41) is 3.11. The third kappa shape index (κ3) is 3.55. The van der Waals surface area contributed by atoms with Crippen LogP contribution in [0.2, 0.25) is 5.15 Å². The molecule has 114 valence electrons. The van der Waals surface area contributed by atoms with Crippen LogP contribution in [0.15, 0.2) is 42.5 Å². The Morgan fingerprint density at radius 1 is 1.14 bits per heavy atom. The van der Waals surface area contributed by atoms with Gasteiger partial charge in [0, 0.05) is 24.5 Å². The van der Waals surface area contributed by atoms with Crippen molar-refractivity contribution in [3.8, 4) is 0 Å². The predicted octanol–water partition coefficient (Wildman–Crippen LogP) is 2.82. The van der Waals surface area contributed by atoms with Gasteiger partial charge in [-0.3, -0.25) is 4.79 Å². The van der Waals surface area contributed by atoms with Crippen molar-refractivity contribution in [2.75, 3.05) is 36.5 Å². The van der Waals surface area contributed by atoms with E-state index in [2.05, 4.69) is 15.2 Å². The van der Waals surface area contributed by atoms with Crippen molar-refractivity contribution in [3.63, 3.8) is 0 Å². The first kappa shape index (κ1) is 14.8. The fourth-order valence-corrected chi connectivity index (χ4v) is 2.47. The molecule has 3 rings (SSSR count). The van der Waals surface area contributed by atoms with Gasteiger partial charge in [0.1, 0.15) is 10.8 Å². The van der Waals surface area contributed by atoms with Crippen LogP contribution in [0.1, 0.15) is 10.5 Å². The van der Waals surface area contributed by atoms with Crippen molar-refractivity contribution in [3.05, 3.63) is 53.3 Å². The number of morpholine rings is 1. The van der Waals surface area contributed by atoms with Gasteiger partial charge in [-0.15, -0.1) is 0 Å². The van der Waals surface area contributed by atoms with Gasteiger partial charge in [-0.1, -0.05) is 17.7 Å². The summed E-state index contributed by atoms with van der Waals surface area (Å²) in [7, 11) is 0. The smallest absolute Gasteiger partial charge is 0.274 e.